The van der Waals surface area contributed by atoms with Gasteiger partial charge in [-0.15, -0.1) is 0 Å². The van der Waals surface area contributed by atoms with Gasteiger partial charge in [0.25, 0.3) is 5.91 Å². The molecule has 1 rings (SSSR count). The van der Waals surface area contributed by atoms with Crippen LogP contribution < -0.4 is 5.32 Å². The van der Waals surface area contributed by atoms with Crippen LogP contribution in [-0.2, 0) is 9.53 Å². The topological polar surface area (TPSA) is 55.4 Å². The third-order valence-electron chi connectivity index (χ3n) is 2.62. The second-order valence-electron chi connectivity index (χ2n) is 3.92. The molecule has 5 heteroatoms. The Balaban J connectivity index is 2.81. The van der Waals surface area contributed by atoms with Crippen molar-refractivity contribution in [3.05, 3.63) is 35.1 Å². The molecule has 1 N–H and O–H groups in total. The molecule has 1 aromatic carbocycles. The first-order valence-electron chi connectivity index (χ1n) is 5.64. The van der Waals surface area contributed by atoms with Crippen molar-refractivity contribution in [2.75, 3.05) is 7.11 Å². The van der Waals surface area contributed by atoms with Gasteiger partial charge in [0.05, 0.1) is 7.11 Å². The van der Waals surface area contributed by atoms with E-state index in [1.165, 1.54) is 25.3 Å². The maximum atomic E-state index is 13.1. The fourth-order valence-electron chi connectivity index (χ4n) is 1.50. The van der Waals surface area contributed by atoms with E-state index in [2.05, 4.69) is 10.1 Å². The first-order chi connectivity index (χ1) is 8.49. The Bertz CT molecular complexity index is 460. The lowest BCUT2D eigenvalue weighted by atomic mass is 10.1. The predicted molar refractivity (Wildman–Crippen MR) is 64.7 cm³/mol. The minimum Gasteiger partial charge on any atom is -0.467 e. The molecule has 1 atom stereocenters. The lowest BCUT2D eigenvalue weighted by Crippen LogP contribution is -2.41. The van der Waals surface area contributed by atoms with E-state index in [1.54, 1.807) is 13.8 Å². The molecule has 0 heterocycles. The van der Waals surface area contributed by atoms with E-state index >= 15 is 0 Å². The molecule has 4 nitrogen and oxygen atoms in total. The van der Waals surface area contributed by atoms with Crippen molar-refractivity contribution in [3.63, 3.8) is 0 Å². The molecule has 1 unspecified atom stereocenters. The van der Waals surface area contributed by atoms with Crippen molar-refractivity contribution in [1.29, 1.82) is 0 Å². The molecular formula is C13H16FNO3. The summed E-state index contributed by atoms with van der Waals surface area (Å²) in [7, 11) is 1.26. The Morgan fingerprint density at radius 3 is 2.61 bits per heavy atom. The summed E-state index contributed by atoms with van der Waals surface area (Å²) in [6.45, 7) is 3.33. The van der Waals surface area contributed by atoms with E-state index < -0.39 is 17.9 Å². The van der Waals surface area contributed by atoms with Gasteiger partial charge < -0.3 is 10.1 Å². The van der Waals surface area contributed by atoms with E-state index in [0.717, 1.165) is 0 Å². The summed E-state index contributed by atoms with van der Waals surface area (Å²) in [5.41, 5.74) is 0.699. The summed E-state index contributed by atoms with van der Waals surface area (Å²) in [6.07, 6.45) is 0.429. The number of esters is 1. The van der Waals surface area contributed by atoms with E-state index in [4.69, 9.17) is 0 Å². The average molecular weight is 253 g/mol. The average Bonchev–Trinajstić information content (AvgIpc) is 2.37. The molecular weight excluding hydrogens is 237 g/mol. The van der Waals surface area contributed by atoms with Gasteiger partial charge >= 0.3 is 5.97 Å². The summed E-state index contributed by atoms with van der Waals surface area (Å²) in [4.78, 5) is 23.2. The molecule has 98 valence electrons. The number of halogens is 1. The van der Waals surface area contributed by atoms with E-state index in [0.29, 0.717) is 17.5 Å². The number of nitrogens with one attached hydrogen (secondary N) is 1. The van der Waals surface area contributed by atoms with Gasteiger partial charge in [0.15, 0.2) is 0 Å². The van der Waals surface area contributed by atoms with Gasteiger partial charge in [-0.05, 0) is 37.1 Å². The van der Waals surface area contributed by atoms with Crippen LogP contribution in [0.5, 0.6) is 0 Å². The molecule has 0 saturated heterocycles. The van der Waals surface area contributed by atoms with Gasteiger partial charge in [0.1, 0.15) is 11.9 Å². The molecule has 0 fully saturated rings. The van der Waals surface area contributed by atoms with Crippen molar-refractivity contribution >= 4 is 11.9 Å². The van der Waals surface area contributed by atoms with Crippen LogP contribution >= 0.6 is 0 Å². The monoisotopic (exact) mass is 253 g/mol. The summed E-state index contributed by atoms with van der Waals surface area (Å²) in [5.74, 6) is -1.29. The van der Waals surface area contributed by atoms with Crippen molar-refractivity contribution in [3.8, 4) is 0 Å². The number of hydrogen-bond acceptors (Lipinski definition) is 3. The number of aryl methyl sites for hydroxylation is 1. The number of methoxy groups -OCH3 is 1. The molecule has 0 aliphatic heterocycles. The molecule has 0 bridgehead atoms. The Morgan fingerprint density at radius 2 is 2.11 bits per heavy atom. The highest BCUT2D eigenvalue weighted by Gasteiger charge is 2.20. The zero-order valence-electron chi connectivity index (χ0n) is 10.6. The molecule has 0 spiro atoms. The van der Waals surface area contributed by atoms with Crippen LogP contribution in [0.25, 0.3) is 0 Å². The van der Waals surface area contributed by atoms with E-state index in [1.807, 2.05) is 0 Å². The molecule has 0 aromatic heterocycles. The third kappa shape index (κ3) is 3.29. The second kappa shape index (κ2) is 6.14. The van der Waals surface area contributed by atoms with Crippen LogP contribution in [0, 0.1) is 12.7 Å². The summed E-state index contributed by atoms with van der Waals surface area (Å²) >= 11 is 0. The van der Waals surface area contributed by atoms with Gasteiger partial charge in [-0.1, -0.05) is 6.92 Å². The quantitative estimate of drug-likeness (QED) is 0.833. The van der Waals surface area contributed by atoms with Crippen LogP contribution in [0.3, 0.4) is 0 Å². The standard InChI is InChI=1S/C13H16FNO3/c1-4-11(13(17)18-3)15-12(16)9-5-6-10(14)8(2)7-9/h5-7,11H,4H2,1-3H3,(H,15,16). The van der Waals surface area contributed by atoms with Crippen molar-refractivity contribution in [1.82, 2.24) is 5.32 Å². The number of benzene rings is 1. The maximum absolute atomic E-state index is 13.1. The number of amides is 1. The second-order valence-corrected chi connectivity index (χ2v) is 3.92. The number of carbonyl (C=O) groups is 2. The summed E-state index contributed by atoms with van der Waals surface area (Å²) in [6, 6.07) is 3.35. The molecule has 18 heavy (non-hydrogen) atoms. The molecule has 0 aliphatic rings. The minimum absolute atomic E-state index is 0.316. The first kappa shape index (κ1) is 14.2. The molecule has 0 radical (unpaired) electrons. The van der Waals surface area contributed by atoms with Gasteiger partial charge in [-0.3, -0.25) is 4.79 Å². The number of hydrogen-bond donors (Lipinski definition) is 1. The molecule has 0 aliphatic carbocycles. The van der Waals surface area contributed by atoms with Crippen LogP contribution in [0.4, 0.5) is 4.39 Å². The SMILES string of the molecule is CCC(NC(=O)c1ccc(F)c(C)c1)C(=O)OC. The lowest BCUT2D eigenvalue weighted by Gasteiger charge is -2.14. The molecule has 1 amide bonds. The number of ether oxygens (including phenoxy) is 1. The van der Waals surface area contributed by atoms with Gasteiger partial charge in [-0.25, -0.2) is 9.18 Å². The molecule has 0 saturated carbocycles. The number of rotatable bonds is 4. The number of carbonyl (C=O) groups excluding carboxylic acids is 2. The zero-order chi connectivity index (χ0) is 13.7. The highest BCUT2D eigenvalue weighted by atomic mass is 19.1. The van der Waals surface area contributed by atoms with Crippen LogP contribution in [0.2, 0.25) is 0 Å². The minimum atomic E-state index is -0.687. The predicted octanol–water partition coefficient (Wildman–Crippen LogP) is 1.82. The Morgan fingerprint density at radius 1 is 1.44 bits per heavy atom. The van der Waals surface area contributed by atoms with Crippen LogP contribution in [0.1, 0.15) is 29.3 Å². The van der Waals surface area contributed by atoms with Gasteiger partial charge in [0, 0.05) is 5.56 Å². The van der Waals surface area contributed by atoms with Crippen LogP contribution in [0.15, 0.2) is 18.2 Å². The highest BCUT2D eigenvalue weighted by Crippen LogP contribution is 2.09. The summed E-state index contributed by atoms with van der Waals surface area (Å²) < 4.78 is 17.6. The lowest BCUT2D eigenvalue weighted by molar-refractivity contribution is -0.142. The largest absolute Gasteiger partial charge is 0.467 e. The van der Waals surface area contributed by atoms with Crippen molar-refractivity contribution in [2.45, 2.75) is 26.3 Å². The Labute approximate surface area is 105 Å². The van der Waals surface area contributed by atoms with Crippen LogP contribution in [-0.4, -0.2) is 25.0 Å². The molecule has 1 aromatic rings. The fourth-order valence-corrected chi connectivity index (χ4v) is 1.50. The maximum Gasteiger partial charge on any atom is 0.328 e. The van der Waals surface area contributed by atoms with Crippen molar-refractivity contribution < 1.29 is 18.7 Å². The third-order valence-corrected chi connectivity index (χ3v) is 2.62. The fraction of sp³-hybridized carbons (Fsp3) is 0.385. The van der Waals surface area contributed by atoms with E-state index in [-0.39, 0.29) is 5.82 Å². The summed E-state index contributed by atoms with van der Waals surface area (Å²) in [5, 5.41) is 2.54. The smallest absolute Gasteiger partial charge is 0.328 e. The highest BCUT2D eigenvalue weighted by molar-refractivity contribution is 5.96. The Hall–Kier alpha value is -1.91. The normalized spacial score (nSPS) is 11.8. The Kier molecular flexibility index (Phi) is 4.83. The first-order valence-corrected chi connectivity index (χ1v) is 5.64. The zero-order valence-corrected chi connectivity index (χ0v) is 10.6. The van der Waals surface area contributed by atoms with Gasteiger partial charge in [-0.2, -0.15) is 0 Å². The van der Waals surface area contributed by atoms with Crippen molar-refractivity contribution in [2.24, 2.45) is 0 Å². The van der Waals surface area contributed by atoms with Gasteiger partial charge in [0.2, 0.25) is 0 Å². The van der Waals surface area contributed by atoms with E-state index in [9.17, 15) is 14.0 Å².